The van der Waals surface area contributed by atoms with Crippen molar-refractivity contribution in [1.29, 1.82) is 0 Å². The van der Waals surface area contributed by atoms with Crippen LogP contribution in [-0.2, 0) is 4.74 Å². The molecule has 0 aromatic heterocycles. The maximum atomic E-state index is 13.3. The first-order chi connectivity index (χ1) is 16.1. The zero-order chi connectivity index (χ0) is 22.5. The Kier molecular flexibility index (Phi) is 4.86. The Morgan fingerprint density at radius 2 is 1.55 bits per heavy atom. The van der Waals surface area contributed by atoms with E-state index < -0.39 is 0 Å². The SMILES string of the molecule is Cc1cc(C)cc(C2=CC3CCC(C2)N3C(=O)OCC2c3ccccc3-c3ccccc32)c1. The molecule has 33 heavy (non-hydrogen) atoms. The molecule has 0 N–H and O–H groups in total. The van der Waals surface area contributed by atoms with Crippen molar-refractivity contribution < 1.29 is 9.53 Å². The van der Waals surface area contributed by atoms with E-state index in [1.165, 1.54) is 44.5 Å². The standard InChI is InChI=1S/C30H29NO2/c1-19-13-20(2)15-21(14-19)22-16-23-11-12-24(17-22)31(23)30(32)33-18-29-27-9-5-3-7-25(27)26-8-4-6-10-28(26)29/h3-10,13-16,23-24,29H,11-12,17-18H2,1-2H3. The van der Waals surface area contributed by atoms with E-state index in [9.17, 15) is 4.79 Å². The van der Waals surface area contributed by atoms with Gasteiger partial charge in [0.25, 0.3) is 0 Å². The number of rotatable bonds is 3. The molecule has 0 radical (unpaired) electrons. The first kappa shape index (κ1) is 20.3. The molecule has 1 fully saturated rings. The number of benzene rings is 3. The van der Waals surface area contributed by atoms with Crippen molar-refractivity contribution >= 4 is 11.7 Å². The van der Waals surface area contributed by atoms with E-state index >= 15 is 0 Å². The molecule has 6 rings (SSSR count). The monoisotopic (exact) mass is 435 g/mol. The number of aryl methyl sites for hydroxylation is 2. The van der Waals surface area contributed by atoms with E-state index in [1.807, 2.05) is 4.90 Å². The number of ether oxygens (including phenoxy) is 1. The zero-order valence-electron chi connectivity index (χ0n) is 19.3. The summed E-state index contributed by atoms with van der Waals surface area (Å²) in [6.45, 7) is 4.69. The fraction of sp³-hybridized carbons (Fsp3) is 0.300. The lowest BCUT2D eigenvalue weighted by molar-refractivity contribution is 0.0866. The highest BCUT2D eigenvalue weighted by atomic mass is 16.6. The quantitative estimate of drug-likeness (QED) is 0.449. The van der Waals surface area contributed by atoms with E-state index in [1.54, 1.807) is 0 Å². The summed E-state index contributed by atoms with van der Waals surface area (Å²) < 4.78 is 6.00. The highest BCUT2D eigenvalue weighted by Crippen LogP contribution is 2.45. The summed E-state index contributed by atoms with van der Waals surface area (Å²) in [5, 5.41) is 0. The lowest BCUT2D eigenvalue weighted by Crippen LogP contribution is -2.43. The van der Waals surface area contributed by atoms with Gasteiger partial charge in [-0.05, 0) is 66.5 Å². The van der Waals surface area contributed by atoms with Crippen LogP contribution in [0.15, 0.2) is 72.8 Å². The van der Waals surface area contributed by atoms with Crippen molar-refractivity contribution in [3.8, 4) is 11.1 Å². The van der Waals surface area contributed by atoms with E-state index in [4.69, 9.17) is 4.74 Å². The van der Waals surface area contributed by atoms with Crippen molar-refractivity contribution in [3.63, 3.8) is 0 Å². The molecule has 3 aromatic rings. The molecule has 166 valence electrons. The van der Waals surface area contributed by atoms with Gasteiger partial charge in [0, 0.05) is 12.0 Å². The molecule has 2 aliphatic heterocycles. The summed E-state index contributed by atoms with van der Waals surface area (Å²) in [5.74, 6) is 0.102. The van der Waals surface area contributed by atoms with Crippen LogP contribution in [0.4, 0.5) is 4.79 Å². The molecule has 2 bridgehead atoms. The first-order valence-electron chi connectivity index (χ1n) is 12.0. The van der Waals surface area contributed by atoms with Crippen LogP contribution in [0, 0.1) is 13.8 Å². The van der Waals surface area contributed by atoms with E-state index in [0.717, 1.165) is 19.3 Å². The highest BCUT2D eigenvalue weighted by Gasteiger charge is 2.41. The van der Waals surface area contributed by atoms with E-state index in [-0.39, 0.29) is 24.1 Å². The third-order valence-corrected chi connectivity index (χ3v) is 7.53. The van der Waals surface area contributed by atoms with Gasteiger partial charge in [0.15, 0.2) is 0 Å². The number of nitrogens with zero attached hydrogens (tertiary/aromatic N) is 1. The third-order valence-electron chi connectivity index (χ3n) is 7.53. The summed E-state index contributed by atoms with van der Waals surface area (Å²) in [5.41, 5.74) is 10.3. The molecule has 0 saturated carbocycles. The molecular weight excluding hydrogens is 406 g/mol. The maximum absolute atomic E-state index is 13.3. The maximum Gasteiger partial charge on any atom is 0.410 e. The largest absolute Gasteiger partial charge is 0.448 e. The predicted molar refractivity (Wildman–Crippen MR) is 132 cm³/mol. The average molecular weight is 436 g/mol. The number of amides is 1. The molecule has 3 nitrogen and oxygen atoms in total. The fourth-order valence-electron chi connectivity index (χ4n) is 6.16. The van der Waals surface area contributed by atoms with Crippen molar-refractivity contribution in [2.45, 2.75) is 51.1 Å². The van der Waals surface area contributed by atoms with Gasteiger partial charge < -0.3 is 4.74 Å². The van der Waals surface area contributed by atoms with Gasteiger partial charge in [0.1, 0.15) is 6.61 Å². The lowest BCUT2D eigenvalue weighted by atomic mass is 9.93. The molecule has 0 spiro atoms. The minimum Gasteiger partial charge on any atom is -0.448 e. The molecule has 1 saturated heterocycles. The molecule has 2 atom stereocenters. The Balaban J connectivity index is 1.21. The summed E-state index contributed by atoms with van der Waals surface area (Å²) in [6.07, 6.45) is 5.10. The minimum absolute atomic E-state index is 0.102. The molecule has 2 heterocycles. The number of carbonyl (C=O) groups excluding carboxylic acids is 1. The first-order valence-corrected chi connectivity index (χ1v) is 12.0. The van der Waals surface area contributed by atoms with Crippen molar-refractivity contribution in [1.82, 2.24) is 4.90 Å². The van der Waals surface area contributed by atoms with Crippen LogP contribution in [0.5, 0.6) is 0 Å². The van der Waals surface area contributed by atoms with Crippen LogP contribution < -0.4 is 0 Å². The number of carbonyl (C=O) groups is 1. The van der Waals surface area contributed by atoms with Gasteiger partial charge in [-0.3, -0.25) is 4.90 Å². The fourth-order valence-corrected chi connectivity index (χ4v) is 6.16. The lowest BCUT2D eigenvalue weighted by Gasteiger charge is -2.33. The van der Waals surface area contributed by atoms with Gasteiger partial charge in [-0.15, -0.1) is 0 Å². The van der Waals surface area contributed by atoms with Crippen molar-refractivity contribution in [2.24, 2.45) is 0 Å². The van der Waals surface area contributed by atoms with Crippen LogP contribution in [0.3, 0.4) is 0 Å². The highest BCUT2D eigenvalue weighted by molar-refractivity contribution is 5.79. The van der Waals surface area contributed by atoms with E-state index in [0.29, 0.717) is 6.61 Å². The Morgan fingerprint density at radius 3 is 2.18 bits per heavy atom. The van der Waals surface area contributed by atoms with Crippen LogP contribution in [0.25, 0.3) is 16.7 Å². The Hall–Kier alpha value is -3.33. The summed E-state index contributed by atoms with van der Waals surface area (Å²) in [7, 11) is 0. The van der Waals surface area contributed by atoms with Gasteiger partial charge in [0.2, 0.25) is 0 Å². The molecule has 3 heteroatoms. The average Bonchev–Trinajstić information content (AvgIpc) is 3.27. The minimum atomic E-state index is -0.167. The van der Waals surface area contributed by atoms with Crippen LogP contribution >= 0.6 is 0 Å². The van der Waals surface area contributed by atoms with Gasteiger partial charge in [-0.25, -0.2) is 4.79 Å². The van der Waals surface area contributed by atoms with Gasteiger partial charge in [0.05, 0.1) is 6.04 Å². The summed E-state index contributed by atoms with van der Waals surface area (Å²) in [4.78, 5) is 15.3. The predicted octanol–water partition coefficient (Wildman–Crippen LogP) is 6.87. The molecule has 3 aromatic carbocycles. The van der Waals surface area contributed by atoms with Gasteiger partial charge in [-0.2, -0.15) is 0 Å². The number of hydrogen-bond acceptors (Lipinski definition) is 2. The number of fused-ring (bicyclic) bond motifs is 5. The molecular formula is C30H29NO2. The van der Waals surface area contributed by atoms with Crippen molar-refractivity contribution in [2.75, 3.05) is 6.61 Å². The second-order valence-electron chi connectivity index (χ2n) is 9.78. The second kappa shape index (κ2) is 7.91. The van der Waals surface area contributed by atoms with E-state index in [2.05, 4.69) is 86.7 Å². The summed E-state index contributed by atoms with van der Waals surface area (Å²) >= 11 is 0. The van der Waals surface area contributed by atoms with Gasteiger partial charge in [-0.1, -0.05) is 83.9 Å². The van der Waals surface area contributed by atoms with Crippen molar-refractivity contribution in [3.05, 3.63) is 101 Å². The molecule has 1 aliphatic carbocycles. The van der Waals surface area contributed by atoms with Crippen LogP contribution in [0.2, 0.25) is 0 Å². The molecule has 1 amide bonds. The molecule has 3 aliphatic rings. The second-order valence-corrected chi connectivity index (χ2v) is 9.78. The topological polar surface area (TPSA) is 29.5 Å². The smallest absolute Gasteiger partial charge is 0.410 e. The van der Waals surface area contributed by atoms with Gasteiger partial charge >= 0.3 is 6.09 Å². The Labute approximate surface area is 195 Å². The number of hydrogen-bond donors (Lipinski definition) is 0. The molecule has 2 unspecified atom stereocenters. The van der Waals surface area contributed by atoms with Crippen LogP contribution in [0.1, 0.15) is 53.0 Å². The summed E-state index contributed by atoms with van der Waals surface area (Å²) in [6, 6.07) is 24.1. The zero-order valence-corrected chi connectivity index (χ0v) is 19.3. The normalized spacial score (nSPS) is 20.9. The third kappa shape index (κ3) is 3.47. The Bertz CT molecular complexity index is 1210. The Morgan fingerprint density at radius 1 is 0.909 bits per heavy atom. The van der Waals surface area contributed by atoms with Crippen LogP contribution in [-0.4, -0.2) is 29.7 Å².